The number of hydrogen-bond acceptors (Lipinski definition) is 3. The molecular weight excluding hydrogens is 322 g/mol. The van der Waals surface area contributed by atoms with Gasteiger partial charge in [0.25, 0.3) is 5.91 Å². The summed E-state index contributed by atoms with van der Waals surface area (Å²) in [6.45, 7) is 4.18. The normalized spacial score (nSPS) is 20.3. The van der Waals surface area contributed by atoms with E-state index in [9.17, 15) is 4.79 Å². The second-order valence-electron chi connectivity index (χ2n) is 7.09. The van der Waals surface area contributed by atoms with Gasteiger partial charge in [0, 0.05) is 37.8 Å². The molecule has 1 fully saturated rings. The molecule has 0 N–H and O–H groups in total. The van der Waals surface area contributed by atoms with Gasteiger partial charge in [-0.1, -0.05) is 36.4 Å². The van der Waals surface area contributed by atoms with E-state index < -0.39 is 0 Å². The number of amides is 1. The van der Waals surface area contributed by atoms with Crippen molar-refractivity contribution in [2.75, 3.05) is 13.6 Å². The summed E-state index contributed by atoms with van der Waals surface area (Å²) in [6.07, 6.45) is 1.93. The summed E-state index contributed by atoms with van der Waals surface area (Å²) in [5.41, 5.74) is 2.44. The minimum atomic E-state index is -0.00388. The average molecular weight is 347 g/mol. The van der Waals surface area contributed by atoms with Crippen LogP contribution in [0.15, 0.2) is 54.6 Å². The molecule has 0 radical (unpaired) electrons. The Hall–Kier alpha value is -2.64. The lowest BCUT2D eigenvalue weighted by molar-refractivity contribution is 0.0538. The molecule has 4 heteroatoms. The first kappa shape index (κ1) is 18.2. The SMILES string of the molecule is C[C@H]1C[C@@H](N(C)C(=O)c2cccc(C#N)c2)CCN1Cc1ccccc1. The number of benzene rings is 2. The minimum Gasteiger partial charge on any atom is -0.339 e. The lowest BCUT2D eigenvalue weighted by Crippen LogP contribution is -2.49. The summed E-state index contributed by atoms with van der Waals surface area (Å²) < 4.78 is 0. The third-order valence-corrected chi connectivity index (χ3v) is 5.32. The molecule has 4 nitrogen and oxygen atoms in total. The van der Waals surface area contributed by atoms with Crippen molar-refractivity contribution in [3.05, 3.63) is 71.3 Å². The van der Waals surface area contributed by atoms with Crippen LogP contribution in [0.25, 0.3) is 0 Å². The predicted octanol–water partition coefficient (Wildman–Crippen LogP) is 3.68. The highest BCUT2D eigenvalue weighted by Crippen LogP contribution is 2.24. The number of carbonyl (C=O) groups is 1. The maximum atomic E-state index is 12.8. The molecule has 2 aromatic carbocycles. The van der Waals surface area contributed by atoms with Crippen LogP contribution in [-0.2, 0) is 6.54 Å². The van der Waals surface area contributed by atoms with E-state index in [2.05, 4.69) is 42.2 Å². The van der Waals surface area contributed by atoms with E-state index in [-0.39, 0.29) is 11.9 Å². The topological polar surface area (TPSA) is 47.3 Å². The molecule has 1 aliphatic rings. The third-order valence-electron chi connectivity index (χ3n) is 5.32. The van der Waals surface area contributed by atoms with Gasteiger partial charge < -0.3 is 4.90 Å². The quantitative estimate of drug-likeness (QED) is 0.847. The first-order chi connectivity index (χ1) is 12.6. The fourth-order valence-corrected chi connectivity index (χ4v) is 3.69. The van der Waals surface area contributed by atoms with Gasteiger partial charge >= 0.3 is 0 Å². The molecule has 1 amide bonds. The monoisotopic (exact) mass is 347 g/mol. The van der Waals surface area contributed by atoms with Crippen LogP contribution >= 0.6 is 0 Å². The molecule has 134 valence electrons. The Bertz CT molecular complexity index is 797. The first-order valence-electron chi connectivity index (χ1n) is 9.14. The second-order valence-corrected chi connectivity index (χ2v) is 7.09. The smallest absolute Gasteiger partial charge is 0.253 e. The molecule has 0 aliphatic carbocycles. The highest BCUT2D eigenvalue weighted by Gasteiger charge is 2.30. The van der Waals surface area contributed by atoms with Crippen molar-refractivity contribution in [2.24, 2.45) is 0 Å². The lowest BCUT2D eigenvalue weighted by Gasteiger charge is -2.41. The Balaban J connectivity index is 1.62. The van der Waals surface area contributed by atoms with Crippen LogP contribution in [0.3, 0.4) is 0 Å². The molecule has 1 aliphatic heterocycles. The Morgan fingerprint density at radius 3 is 2.69 bits per heavy atom. The van der Waals surface area contributed by atoms with Crippen LogP contribution in [0.1, 0.15) is 41.3 Å². The maximum Gasteiger partial charge on any atom is 0.253 e. The first-order valence-corrected chi connectivity index (χ1v) is 9.14. The summed E-state index contributed by atoms with van der Waals surface area (Å²) in [6, 6.07) is 20.2. The lowest BCUT2D eigenvalue weighted by atomic mass is 9.96. The van der Waals surface area contributed by atoms with Gasteiger partial charge in [0.05, 0.1) is 11.6 Å². The standard InChI is InChI=1S/C22H25N3O/c1-17-13-21(11-12-25(17)16-18-7-4-3-5-8-18)24(2)22(26)20-10-6-9-19(14-20)15-23/h3-10,14,17,21H,11-13,16H2,1-2H3/t17-,21-/m0/s1. The Morgan fingerprint density at radius 1 is 1.23 bits per heavy atom. The molecule has 0 unspecified atom stereocenters. The molecule has 2 aromatic rings. The van der Waals surface area contributed by atoms with E-state index in [0.717, 1.165) is 25.9 Å². The molecule has 2 atom stereocenters. The van der Waals surface area contributed by atoms with Crippen molar-refractivity contribution < 1.29 is 4.79 Å². The fourth-order valence-electron chi connectivity index (χ4n) is 3.69. The molecule has 3 rings (SSSR count). The highest BCUT2D eigenvalue weighted by atomic mass is 16.2. The minimum absolute atomic E-state index is 0.00388. The summed E-state index contributed by atoms with van der Waals surface area (Å²) in [4.78, 5) is 17.1. The maximum absolute atomic E-state index is 12.8. The molecule has 1 saturated heterocycles. The van der Waals surface area contributed by atoms with Crippen molar-refractivity contribution >= 4 is 5.91 Å². The number of nitrogens with zero attached hydrogens (tertiary/aromatic N) is 3. The van der Waals surface area contributed by atoms with Crippen LogP contribution < -0.4 is 0 Å². The number of rotatable bonds is 4. The van der Waals surface area contributed by atoms with E-state index in [1.165, 1.54) is 5.56 Å². The van der Waals surface area contributed by atoms with Crippen LogP contribution in [0.5, 0.6) is 0 Å². The van der Waals surface area contributed by atoms with Gasteiger partial charge in [0.15, 0.2) is 0 Å². The molecule has 26 heavy (non-hydrogen) atoms. The van der Waals surface area contributed by atoms with Gasteiger partial charge in [-0.3, -0.25) is 9.69 Å². The van der Waals surface area contributed by atoms with Crippen LogP contribution in [-0.4, -0.2) is 41.4 Å². The van der Waals surface area contributed by atoms with E-state index in [0.29, 0.717) is 17.2 Å². The second kappa shape index (κ2) is 8.16. The number of nitriles is 1. The van der Waals surface area contributed by atoms with Crippen molar-refractivity contribution in [1.82, 2.24) is 9.80 Å². The van der Waals surface area contributed by atoms with Crippen LogP contribution in [0, 0.1) is 11.3 Å². The summed E-state index contributed by atoms with van der Waals surface area (Å²) >= 11 is 0. The highest BCUT2D eigenvalue weighted by molar-refractivity contribution is 5.94. The molecule has 0 aromatic heterocycles. The summed E-state index contributed by atoms with van der Waals surface area (Å²) in [5, 5.41) is 9.04. The fraction of sp³-hybridized carbons (Fsp3) is 0.364. The number of hydrogen-bond donors (Lipinski definition) is 0. The van der Waals surface area contributed by atoms with Crippen LogP contribution in [0.4, 0.5) is 0 Å². The number of likely N-dealkylation sites (tertiary alicyclic amines) is 1. The van der Waals surface area contributed by atoms with E-state index in [1.54, 1.807) is 24.3 Å². The average Bonchev–Trinajstić information content (AvgIpc) is 2.69. The molecule has 0 spiro atoms. The largest absolute Gasteiger partial charge is 0.339 e. The number of carbonyl (C=O) groups excluding carboxylic acids is 1. The molecule has 0 saturated carbocycles. The zero-order chi connectivity index (χ0) is 18.5. The van der Waals surface area contributed by atoms with Gasteiger partial charge in [-0.15, -0.1) is 0 Å². The van der Waals surface area contributed by atoms with Crippen LogP contribution in [0.2, 0.25) is 0 Å². The van der Waals surface area contributed by atoms with E-state index >= 15 is 0 Å². The zero-order valence-electron chi connectivity index (χ0n) is 15.4. The summed E-state index contributed by atoms with van der Waals surface area (Å²) in [7, 11) is 1.88. The van der Waals surface area contributed by atoms with Gasteiger partial charge in [-0.25, -0.2) is 0 Å². The van der Waals surface area contributed by atoms with E-state index in [4.69, 9.17) is 5.26 Å². The third kappa shape index (κ3) is 4.12. The Labute approximate surface area is 155 Å². The van der Waals surface area contributed by atoms with Gasteiger partial charge in [0.2, 0.25) is 0 Å². The zero-order valence-corrected chi connectivity index (χ0v) is 15.4. The number of piperidine rings is 1. The predicted molar refractivity (Wildman–Crippen MR) is 103 cm³/mol. The van der Waals surface area contributed by atoms with Crippen molar-refractivity contribution in [1.29, 1.82) is 5.26 Å². The Kier molecular flexibility index (Phi) is 5.70. The van der Waals surface area contributed by atoms with Crippen molar-refractivity contribution in [3.8, 4) is 6.07 Å². The Morgan fingerprint density at radius 2 is 2.00 bits per heavy atom. The van der Waals surface area contributed by atoms with Gasteiger partial charge in [-0.05, 0) is 43.5 Å². The van der Waals surface area contributed by atoms with Crippen molar-refractivity contribution in [2.45, 2.75) is 38.4 Å². The summed E-state index contributed by atoms with van der Waals surface area (Å²) in [5.74, 6) is -0.00388. The van der Waals surface area contributed by atoms with Gasteiger partial charge in [0.1, 0.15) is 0 Å². The van der Waals surface area contributed by atoms with Gasteiger partial charge in [-0.2, -0.15) is 5.26 Å². The van der Waals surface area contributed by atoms with Crippen molar-refractivity contribution in [3.63, 3.8) is 0 Å². The molecule has 1 heterocycles. The molecular formula is C22H25N3O. The molecule has 0 bridgehead atoms. The van der Waals surface area contributed by atoms with E-state index in [1.807, 2.05) is 18.0 Å².